The minimum Gasteiger partial charge on any atom is -0.464 e. The molecule has 1 N–H and O–H groups in total. The van der Waals surface area contributed by atoms with Crippen LogP contribution in [0.4, 0.5) is 9.18 Å². The maximum Gasteiger partial charge on any atom is 0.407 e. The Kier molecular flexibility index (Phi) is 4.21. The Labute approximate surface area is 123 Å². The van der Waals surface area contributed by atoms with E-state index in [-0.39, 0.29) is 11.9 Å². The molecule has 0 saturated heterocycles. The molecule has 0 aliphatic rings. The zero-order chi connectivity index (χ0) is 15.6. The lowest BCUT2D eigenvalue weighted by atomic mass is 10.0. The standard InChI is InChI=1S/C16H20FNO3/c1-10(18-15(19)21-16(2,3)4)7-12-9-13(17)8-11-5-6-20-14(11)12/h5-6,8-10H,7H2,1-4H3,(H,18,19)/t10-/m1/s1. The Balaban J connectivity index is 2.06. The van der Waals surface area contributed by atoms with Gasteiger partial charge in [0, 0.05) is 17.0 Å². The number of rotatable bonds is 3. The predicted octanol–water partition coefficient (Wildman–Crippen LogP) is 4.03. The zero-order valence-corrected chi connectivity index (χ0v) is 12.7. The summed E-state index contributed by atoms with van der Waals surface area (Å²) in [6.45, 7) is 7.24. The first-order chi connectivity index (χ1) is 9.74. The molecule has 1 amide bonds. The molecule has 1 atom stereocenters. The second kappa shape index (κ2) is 5.76. The largest absolute Gasteiger partial charge is 0.464 e. The molecule has 0 bridgehead atoms. The molecule has 114 valence electrons. The van der Waals surface area contributed by atoms with Crippen LogP contribution in [0.5, 0.6) is 0 Å². The number of halogens is 1. The van der Waals surface area contributed by atoms with Crippen molar-refractivity contribution in [2.45, 2.75) is 45.8 Å². The molecule has 0 radical (unpaired) electrons. The highest BCUT2D eigenvalue weighted by molar-refractivity contribution is 5.80. The van der Waals surface area contributed by atoms with Gasteiger partial charge in [-0.05, 0) is 52.3 Å². The SMILES string of the molecule is C[C@H](Cc1cc(F)cc2ccoc12)NC(=O)OC(C)(C)C. The number of nitrogens with one attached hydrogen (secondary N) is 1. The molecular weight excluding hydrogens is 273 g/mol. The number of ether oxygens (including phenoxy) is 1. The first-order valence-electron chi connectivity index (χ1n) is 6.90. The van der Waals surface area contributed by atoms with Gasteiger partial charge in [0.25, 0.3) is 0 Å². The second-order valence-electron chi connectivity index (χ2n) is 6.16. The summed E-state index contributed by atoms with van der Waals surface area (Å²) in [5.74, 6) is -0.316. The number of hydrogen-bond donors (Lipinski definition) is 1. The Morgan fingerprint density at radius 2 is 2.14 bits per heavy atom. The lowest BCUT2D eigenvalue weighted by molar-refractivity contribution is 0.0508. The molecule has 2 rings (SSSR count). The van der Waals surface area contributed by atoms with E-state index in [1.165, 1.54) is 18.4 Å². The molecular formula is C16H20FNO3. The van der Waals surface area contributed by atoms with Crippen molar-refractivity contribution in [1.29, 1.82) is 0 Å². The normalized spacial score (nSPS) is 13.2. The van der Waals surface area contributed by atoms with Gasteiger partial charge in [0.05, 0.1) is 6.26 Å². The van der Waals surface area contributed by atoms with Gasteiger partial charge in [0.15, 0.2) is 0 Å². The molecule has 5 heteroatoms. The molecule has 0 unspecified atom stereocenters. The van der Waals surface area contributed by atoms with E-state index < -0.39 is 11.7 Å². The summed E-state index contributed by atoms with van der Waals surface area (Å²) in [4.78, 5) is 11.7. The van der Waals surface area contributed by atoms with Gasteiger partial charge in [0.1, 0.15) is 17.0 Å². The third-order valence-electron chi connectivity index (χ3n) is 2.88. The summed E-state index contributed by atoms with van der Waals surface area (Å²) >= 11 is 0. The summed E-state index contributed by atoms with van der Waals surface area (Å²) in [5.41, 5.74) is 0.824. The van der Waals surface area contributed by atoms with Crippen molar-refractivity contribution in [3.63, 3.8) is 0 Å². The molecule has 21 heavy (non-hydrogen) atoms. The van der Waals surface area contributed by atoms with Crippen LogP contribution in [0.1, 0.15) is 33.3 Å². The van der Waals surface area contributed by atoms with Crippen LogP contribution in [0.2, 0.25) is 0 Å². The number of fused-ring (bicyclic) bond motifs is 1. The fourth-order valence-electron chi connectivity index (χ4n) is 2.16. The first kappa shape index (κ1) is 15.4. The van der Waals surface area contributed by atoms with Crippen molar-refractivity contribution in [2.24, 2.45) is 0 Å². The molecule has 2 aromatic rings. The Hall–Kier alpha value is -2.04. The molecule has 0 fully saturated rings. The Morgan fingerprint density at radius 1 is 1.43 bits per heavy atom. The van der Waals surface area contributed by atoms with E-state index in [2.05, 4.69) is 5.32 Å². The Bertz CT molecular complexity index is 642. The van der Waals surface area contributed by atoms with Gasteiger partial charge in [-0.15, -0.1) is 0 Å². The third kappa shape index (κ3) is 4.21. The lowest BCUT2D eigenvalue weighted by Crippen LogP contribution is -2.38. The molecule has 0 spiro atoms. The summed E-state index contributed by atoms with van der Waals surface area (Å²) in [6, 6.07) is 4.37. The highest BCUT2D eigenvalue weighted by Crippen LogP contribution is 2.23. The van der Waals surface area contributed by atoms with E-state index in [1.54, 1.807) is 26.8 Å². The van der Waals surface area contributed by atoms with Crippen molar-refractivity contribution in [3.8, 4) is 0 Å². The number of alkyl carbamates (subject to hydrolysis) is 1. The molecule has 0 aliphatic heterocycles. The number of amides is 1. The number of hydrogen-bond acceptors (Lipinski definition) is 3. The maximum absolute atomic E-state index is 13.6. The van der Waals surface area contributed by atoms with Crippen LogP contribution in [0.25, 0.3) is 11.0 Å². The summed E-state index contributed by atoms with van der Waals surface area (Å²) in [6.07, 6.45) is 1.50. The molecule has 1 aromatic heterocycles. The van der Waals surface area contributed by atoms with Crippen LogP contribution in [-0.2, 0) is 11.2 Å². The van der Waals surface area contributed by atoms with Crippen LogP contribution in [0.15, 0.2) is 28.9 Å². The Morgan fingerprint density at radius 3 is 2.81 bits per heavy atom. The highest BCUT2D eigenvalue weighted by atomic mass is 19.1. The van der Waals surface area contributed by atoms with Gasteiger partial charge in [-0.3, -0.25) is 0 Å². The maximum atomic E-state index is 13.6. The highest BCUT2D eigenvalue weighted by Gasteiger charge is 2.18. The molecule has 4 nitrogen and oxygen atoms in total. The molecule has 1 aromatic carbocycles. The number of carbonyl (C=O) groups is 1. The fraction of sp³-hybridized carbons (Fsp3) is 0.438. The van der Waals surface area contributed by atoms with Crippen LogP contribution >= 0.6 is 0 Å². The van der Waals surface area contributed by atoms with Crippen LogP contribution < -0.4 is 5.32 Å². The smallest absolute Gasteiger partial charge is 0.407 e. The number of furan rings is 1. The minimum absolute atomic E-state index is 0.199. The number of benzene rings is 1. The van der Waals surface area contributed by atoms with Crippen molar-refractivity contribution in [2.75, 3.05) is 0 Å². The average Bonchev–Trinajstić information content (AvgIpc) is 2.73. The van der Waals surface area contributed by atoms with Gasteiger partial charge in [0.2, 0.25) is 0 Å². The fourth-order valence-corrected chi connectivity index (χ4v) is 2.16. The molecule has 1 heterocycles. The second-order valence-corrected chi connectivity index (χ2v) is 6.16. The zero-order valence-electron chi connectivity index (χ0n) is 12.7. The molecule has 0 aliphatic carbocycles. The first-order valence-corrected chi connectivity index (χ1v) is 6.90. The predicted molar refractivity (Wildman–Crippen MR) is 78.7 cm³/mol. The topological polar surface area (TPSA) is 51.5 Å². The third-order valence-corrected chi connectivity index (χ3v) is 2.88. The van der Waals surface area contributed by atoms with Gasteiger partial charge in [-0.2, -0.15) is 0 Å². The van der Waals surface area contributed by atoms with Gasteiger partial charge in [-0.1, -0.05) is 0 Å². The summed E-state index contributed by atoms with van der Waals surface area (Å²) < 4.78 is 24.1. The summed E-state index contributed by atoms with van der Waals surface area (Å²) in [7, 11) is 0. The van der Waals surface area contributed by atoms with Crippen LogP contribution in [0.3, 0.4) is 0 Å². The summed E-state index contributed by atoms with van der Waals surface area (Å²) in [5, 5.41) is 3.45. The van der Waals surface area contributed by atoms with Crippen LogP contribution in [-0.4, -0.2) is 17.7 Å². The van der Waals surface area contributed by atoms with E-state index in [4.69, 9.17) is 9.15 Å². The average molecular weight is 293 g/mol. The van der Waals surface area contributed by atoms with E-state index in [1.807, 2.05) is 6.92 Å². The van der Waals surface area contributed by atoms with Gasteiger partial charge < -0.3 is 14.5 Å². The monoisotopic (exact) mass is 293 g/mol. The van der Waals surface area contributed by atoms with E-state index in [0.29, 0.717) is 12.0 Å². The lowest BCUT2D eigenvalue weighted by Gasteiger charge is -2.22. The van der Waals surface area contributed by atoms with Gasteiger partial charge >= 0.3 is 6.09 Å². The van der Waals surface area contributed by atoms with Crippen molar-refractivity contribution in [1.82, 2.24) is 5.32 Å². The van der Waals surface area contributed by atoms with E-state index in [9.17, 15) is 9.18 Å². The molecule has 0 saturated carbocycles. The number of carbonyl (C=O) groups excluding carboxylic acids is 1. The van der Waals surface area contributed by atoms with E-state index in [0.717, 1.165) is 10.9 Å². The van der Waals surface area contributed by atoms with Crippen molar-refractivity contribution < 1.29 is 18.3 Å². The van der Waals surface area contributed by atoms with Gasteiger partial charge in [-0.25, -0.2) is 9.18 Å². The van der Waals surface area contributed by atoms with Crippen LogP contribution in [0, 0.1) is 5.82 Å². The minimum atomic E-state index is -0.545. The quantitative estimate of drug-likeness (QED) is 0.929. The van der Waals surface area contributed by atoms with Crippen molar-refractivity contribution in [3.05, 3.63) is 35.8 Å². The van der Waals surface area contributed by atoms with Crippen molar-refractivity contribution >= 4 is 17.1 Å². The van der Waals surface area contributed by atoms with E-state index >= 15 is 0 Å².